The molecule has 11 heteroatoms. The van der Waals surface area contributed by atoms with Crippen molar-refractivity contribution in [3.8, 4) is 5.75 Å². The Morgan fingerprint density at radius 2 is 1.84 bits per heavy atom. The first kappa shape index (κ1) is 28.8. The molecule has 38 heavy (non-hydrogen) atoms. The zero-order valence-electron chi connectivity index (χ0n) is 21.1. The molecule has 2 aromatic carbocycles. The van der Waals surface area contributed by atoms with Gasteiger partial charge in [-0.2, -0.15) is 13.2 Å². The number of hydrogen-bond acceptors (Lipinski definition) is 4. The van der Waals surface area contributed by atoms with Gasteiger partial charge in [0.2, 0.25) is 0 Å². The largest absolute Gasteiger partial charge is 0.493 e. The molecule has 1 saturated carbocycles. The molecule has 0 aromatic heterocycles. The molecule has 1 unspecified atom stereocenters. The number of ether oxygens (including phenoxy) is 1. The molecule has 1 aliphatic heterocycles. The Labute approximate surface area is 227 Å². The van der Waals surface area contributed by atoms with Crippen LogP contribution < -0.4 is 10.1 Å². The van der Waals surface area contributed by atoms with Gasteiger partial charge in [-0.3, -0.25) is 13.9 Å². The number of carbonyl (C=O) groups is 1. The van der Waals surface area contributed by atoms with Crippen molar-refractivity contribution in [3.63, 3.8) is 0 Å². The van der Waals surface area contributed by atoms with Gasteiger partial charge in [0.15, 0.2) is 0 Å². The SMILES string of the molecule is CCS(=O)CNC(=O)c1cc(C2CC2)c(OCC2CCN(Cc3cc(Cl)cc(C(F)(F)F)c3)CC2)cc1F. The van der Waals surface area contributed by atoms with Crippen molar-refractivity contribution in [1.29, 1.82) is 0 Å². The van der Waals surface area contributed by atoms with E-state index in [0.29, 0.717) is 43.3 Å². The average molecular weight is 575 g/mol. The van der Waals surface area contributed by atoms with Crippen molar-refractivity contribution in [2.24, 2.45) is 5.92 Å². The van der Waals surface area contributed by atoms with Gasteiger partial charge in [-0.25, -0.2) is 4.39 Å². The summed E-state index contributed by atoms with van der Waals surface area (Å²) in [5.74, 6) is -0.000632. The van der Waals surface area contributed by atoms with Crippen LogP contribution in [0, 0.1) is 11.7 Å². The second-order valence-electron chi connectivity index (χ2n) is 9.90. The number of benzene rings is 2. The molecule has 1 amide bonds. The molecule has 0 radical (unpaired) electrons. The number of rotatable bonds is 10. The van der Waals surface area contributed by atoms with E-state index >= 15 is 0 Å². The summed E-state index contributed by atoms with van der Waals surface area (Å²) in [7, 11) is -1.19. The third-order valence-corrected chi connectivity index (χ3v) is 8.28. The Bertz CT molecular complexity index is 1180. The van der Waals surface area contributed by atoms with Crippen LogP contribution in [0.2, 0.25) is 5.02 Å². The maximum Gasteiger partial charge on any atom is 0.416 e. The van der Waals surface area contributed by atoms with E-state index < -0.39 is 34.3 Å². The normalized spacial score (nSPS) is 17.8. The van der Waals surface area contributed by atoms with Crippen LogP contribution in [-0.4, -0.2) is 46.3 Å². The zero-order valence-corrected chi connectivity index (χ0v) is 22.7. The summed E-state index contributed by atoms with van der Waals surface area (Å²) in [6, 6.07) is 6.46. The molecule has 1 N–H and O–H groups in total. The van der Waals surface area contributed by atoms with Crippen molar-refractivity contribution in [1.82, 2.24) is 10.2 Å². The van der Waals surface area contributed by atoms with Crippen LogP contribution in [0.15, 0.2) is 30.3 Å². The Morgan fingerprint density at radius 1 is 1.13 bits per heavy atom. The molecule has 0 spiro atoms. The summed E-state index contributed by atoms with van der Waals surface area (Å²) < 4.78 is 71.8. The zero-order chi connectivity index (χ0) is 27.4. The first-order valence-corrected chi connectivity index (χ1v) is 14.6. The lowest BCUT2D eigenvalue weighted by molar-refractivity contribution is -0.137. The molecule has 2 fully saturated rings. The van der Waals surface area contributed by atoms with Gasteiger partial charge in [0.1, 0.15) is 11.6 Å². The third kappa shape index (κ3) is 7.70. The van der Waals surface area contributed by atoms with Gasteiger partial charge in [-0.05, 0) is 86.0 Å². The minimum atomic E-state index is -4.44. The summed E-state index contributed by atoms with van der Waals surface area (Å²) in [5.41, 5.74) is 0.512. The number of carbonyl (C=O) groups excluding carboxylic acids is 1. The highest BCUT2D eigenvalue weighted by atomic mass is 35.5. The Kier molecular flexibility index (Phi) is 9.36. The molecule has 5 nitrogen and oxygen atoms in total. The lowest BCUT2D eigenvalue weighted by Crippen LogP contribution is -2.35. The Balaban J connectivity index is 1.33. The minimum Gasteiger partial charge on any atom is -0.493 e. The second kappa shape index (κ2) is 12.3. The first-order valence-electron chi connectivity index (χ1n) is 12.7. The van der Waals surface area contributed by atoms with Crippen LogP contribution in [0.4, 0.5) is 17.6 Å². The number of alkyl halides is 3. The van der Waals surface area contributed by atoms with E-state index in [1.807, 2.05) is 0 Å². The monoisotopic (exact) mass is 574 g/mol. The van der Waals surface area contributed by atoms with E-state index in [2.05, 4.69) is 10.2 Å². The van der Waals surface area contributed by atoms with Crippen molar-refractivity contribution < 1.29 is 31.3 Å². The van der Waals surface area contributed by atoms with Crippen LogP contribution in [-0.2, 0) is 23.5 Å². The fourth-order valence-electron chi connectivity index (χ4n) is 4.61. The van der Waals surface area contributed by atoms with Crippen molar-refractivity contribution in [3.05, 3.63) is 63.4 Å². The number of hydrogen-bond donors (Lipinski definition) is 1. The molecule has 1 heterocycles. The predicted molar refractivity (Wildman–Crippen MR) is 139 cm³/mol. The van der Waals surface area contributed by atoms with E-state index in [9.17, 15) is 26.6 Å². The maximum absolute atomic E-state index is 14.8. The second-order valence-corrected chi connectivity index (χ2v) is 12.1. The lowest BCUT2D eigenvalue weighted by atomic mass is 9.97. The standard InChI is InChI=1S/C27H31ClF4N2O3S/c1-2-38(36)16-33-26(35)23-12-22(19-3-4-19)25(13-24(23)29)37-15-17-5-7-34(8-6-17)14-18-9-20(27(30,31)32)11-21(28)10-18/h9-13,17,19H,2-8,14-16H2,1H3,(H,33,35). The van der Waals surface area contributed by atoms with Crippen molar-refractivity contribution in [2.75, 3.05) is 31.3 Å². The van der Waals surface area contributed by atoms with E-state index in [-0.39, 0.29) is 28.3 Å². The number of halogens is 5. The molecule has 2 aliphatic rings. The molecular formula is C27H31ClF4N2O3S. The fraction of sp³-hybridized carbons (Fsp3) is 0.519. The smallest absolute Gasteiger partial charge is 0.416 e. The van der Waals surface area contributed by atoms with E-state index in [1.54, 1.807) is 19.1 Å². The molecule has 0 bridgehead atoms. The van der Waals surface area contributed by atoms with E-state index in [4.69, 9.17) is 16.3 Å². The lowest BCUT2D eigenvalue weighted by Gasteiger charge is -2.32. The Morgan fingerprint density at radius 3 is 2.47 bits per heavy atom. The van der Waals surface area contributed by atoms with Crippen molar-refractivity contribution in [2.45, 2.75) is 51.2 Å². The average Bonchev–Trinajstić information content (AvgIpc) is 3.71. The highest BCUT2D eigenvalue weighted by Gasteiger charge is 2.32. The molecule has 1 saturated heterocycles. The van der Waals surface area contributed by atoms with Gasteiger partial charge >= 0.3 is 6.18 Å². The highest BCUT2D eigenvalue weighted by Crippen LogP contribution is 2.45. The highest BCUT2D eigenvalue weighted by molar-refractivity contribution is 7.84. The fourth-order valence-corrected chi connectivity index (χ4v) is 5.36. The van der Waals surface area contributed by atoms with Crippen LogP contribution in [0.1, 0.15) is 65.6 Å². The van der Waals surface area contributed by atoms with Gasteiger partial charge in [-0.15, -0.1) is 0 Å². The topological polar surface area (TPSA) is 58.6 Å². The molecule has 4 rings (SSSR count). The molecule has 208 valence electrons. The third-order valence-electron chi connectivity index (χ3n) is 6.95. The van der Waals surface area contributed by atoms with Gasteiger partial charge in [0.05, 0.1) is 23.6 Å². The quantitative estimate of drug-likeness (QED) is 0.347. The number of nitrogens with zero attached hydrogens (tertiary/aromatic N) is 1. The maximum atomic E-state index is 14.8. The van der Waals surface area contributed by atoms with Crippen LogP contribution in [0.3, 0.4) is 0 Å². The van der Waals surface area contributed by atoms with E-state index in [1.165, 1.54) is 6.07 Å². The van der Waals surface area contributed by atoms with Gasteiger partial charge < -0.3 is 10.1 Å². The van der Waals surface area contributed by atoms with Gasteiger partial charge in [-0.1, -0.05) is 18.5 Å². The van der Waals surface area contributed by atoms with Crippen LogP contribution in [0.5, 0.6) is 5.75 Å². The number of piperidine rings is 1. The summed E-state index contributed by atoms with van der Waals surface area (Å²) in [6.45, 7) is 3.91. The summed E-state index contributed by atoms with van der Waals surface area (Å²) >= 11 is 5.91. The molecule has 1 aliphatic carbocycles. The summed E-state index contributed by atoms with van der Waals surface area (Å²) in [4.78, 5) is 14.5. The Hall–Kier alpha value is -2.17. The van der Waals surface area contributed by atoms with Gasteiger partial charge in [0, 0.05) is 34.2 Å². The van der Waals surface area contributed by atoms with Crippen LogP contribution >= 0.6 is 11.6 Å². The van der Waals surface area contributed by atoms with E-state index in [0.717, 1.165) is 43.4 Å². The first-order chi connectivity index (χ1) is 18.0. The molecular weight excluding hydrogens is 544 g/mol. The van der Waals surface area contributed by atoms with Gasteiger partial charge in [0.25, 0.3) is 5.91 Å². The number of amides is 1. The van der Waals surface area contributed by atoms with Crippen molar-refractivity contribution >= 4 is 28.3 Å². The number of nitrogens with one attached hydrogen (secondary N) is 1. The molecule has 1 atom stereocenters. The molecule has 2 aromatic rings. The number of likely N-dealkylation sites (tertiary alicyclic amines) is 1. The summed E-state index contributed by atoms with van der Waals surface area (Å²) in [5, 5.41) is 2.59. The minimum absolute atomic E-state index is 0.0225. The summed E-state index contributed by atoms with van der Waals surface area (Å²) in [6.07, 6.45) is -0.964. The predicted octanol–water partition coefficient (Wildman–Crippen LogP) is 6.12. The van der Waals surface area contributed by atoms with Crippen LogP contribution in [0.25, 0.3) is 0 Å².